The van der Waals surface area contributed by atoms with Crippen molar-refractivity contribution in [3.8, 4) is 5.69 Å². The first-order valence-corrected chi connectivity index (χ1v) is 11.0. The topological polar surface area (TPSA) is 107 Å². The van der Waals surface area contributed by atoms with Gasteiger partial charge in [0, 0.05) is 11.6 Å². The van der Waals surface area contributed by atoms with Crippen LogP contribution >= 0.6 is 23.2 Å². The number of hydrogen-bond acceptors (Lipinski definition) is 7. The predicted octanol–water partition coefficient (Wildman–Crippen LogP) is 3.63. The molecule has 0 bridgehead atoms. The molecular weight excluding hydrogens is 457 g/mol. The average molecular weight is 486 g/mol. The lowest BCUT2D eigenvalue weighted by atomic mass is 10.1. The summed E-state index contributed by atoms with van der Waals surface area (Å²) < 4.78 is 12.4. The lowest BCUT2D eigenvalue weighted by Crippen LogP contribution is -2.45. The van der Waals surface area contributed by atoms with Gasteiger partial charge in [0.1, 0.15) is 11.6 Å². The average Bonchev–Trinajstić information content (AvgIpc) is 3.09. The molecule has 0 spiro atoms. The molecule has 0 radical (unpaired) electrons. The van der Waals surface area contributed by atoms with Crippen LogP contribution in [0.4, 0.5) is 5.69 Å². The minimum atomic E-state index is -0.702. The summed E-state index contributed by atoms with van der Waals surface area (Å²) in [5, 5.41) is 14.0. The summed E-state index contributed by atoms with van der Waals surface area (Å²) >= 11 is 11.9. The van der Waals surface area contributed by atoms with Crippen LogP contribution in [0, 0.1) is 0 Å². The molecule has 176 valence electrons. The van der Waals surface area contributed by atoms with Crippen LogP contribution in [0.5, 0.6) is 0 Å². The number of nitrogens with zero attached hydrogens (tertiary/aromatic N) is 3. The Morgan fingerprint density at radius 3 is 2.53 bits per heavy atom. The third kappa shape index (κ3) is 8.74. The third-order valence-corrected chi connectivity index (χ3v) is 4.41. The Balaban J connectivity index is 2.06. The van der Waals surface area contributed by atoms with E-state index in [0.717, 1.165) is 0 Å². The monoisotopic (exact) mass is 485 g/mol. The van der Waals surface area contributed by atoms with Gasteiger partial charge in [0.15, 0.2) is 5.15 Å². The number of benzene rings is 1. The van der Waals surface area contributed by atoms with Crippen LogP contribution in [0.25, 0.3) is 5.69 Å². The SMILES string of the molecule is CC(C)OCCC(NCC(=O)Nc1cc(Cl)ccc1-n1cc(Cl)nn1)C(=O)OC(C)(C)C. The fraction of sp³-hybridized carbons (Fsp3) is 0.524. The summed E-state index contributed by atoms with van der Waals surface area (Å²) in [6, 6.07) is 4.23. The minimum Gasteiger partial charge on any atom is -0.459 e. The van der Waals surface area contributed by atoms with Crippen molar-refractivity contribution < 1.29 is 19.1 Å². The lowest BCUT2D eigenvalue weighted by Gasteiger charge is -2.25. The number of anilines is 1. The van der Waals surface area contributed by atoms with Gasteiger partial charge in [-0.1, -0.05) is 28.4 Å². The molecule has 1 amide bonds. The normalized spacial score (nSPS) is 12.6. The zero-order valence-corrected chi connectivity index (χ0v) is 20.3. The van der Waals surface area contributed by atoms with Crippen molar-refractivity contribution in [2.45, 2.75) is 58.8 Å². The highest BCUT2D eigenvalue weighted by atomic mass is 35.5. The highest BCUT2D eigenvalue weighted by molar-refractivity contribution is 6.31. The number of carbonyl (C=O) groups is 2. The van der Waals surface area contributed by atoms with Crippen molar-refractivity contribution in [3.63, 3.8) is 0 Å². The summed E-state index contributed by atoms with van der Waals surface area (Å²) in [7, 11) is 0. The number of rotatable bonds is 10. The predicted molar refractivity (Wildman–Crippen MR) is 123 cm³/mol. The van der Waals surface area contributed by atoms with Gasteiger partial charge in [0.25, 0.3) is 0 Å². The summed E-state index contributed by atoms with van der Waals surface area (Å²) in [6.45, 7) is 9.41. The number of esters is 1. The molecular formula is C21H29Cl2N5O4. The van der Waals surface area contributed by atoms with Gasteiger partial charge >= 0.3 is 5.97 Å². The molecule has 1 aromatic heterocycles. The maximum Gasteiger partial charge on any atom is 0.323 e. The molecule has 11 heteroatoms. The molecule has 0 aliphatic carbocycles. The van der Waals surface area contributed by atoms with Gasteiger partial charge in [-0.3, -0.25) is 14.9 Å². The van der Waals surface area contributed by atoms with E-state index in [1.165, 1.54) is 10.9 Å². The molecule has 2 aromatic rings. The molecule has 0 saturated carbocycles. The van der Waals surface area contributed by atoms with Crippen LogP contribution in [0.15, 0.2) is 24.4 Å². The molecule has 2 N–H and O–H groups in total. The quantitative estimate of drug-likeness (QED) is 0.494. The summed E-state index contributed by atoms with van der Waals surface area (Å²) in [4.78, 5) is 25.2. The number of ether oxygens (including phenoxy) is 2. The van der Waals surface area contributed by atoms with E-state index in [1.54, 1.807) is 39.0 Å². The first kappa shape index (κ1) is 26.1. The van der Waals surface area contributed by atoms with Gasteiger partial charge in [0.2, 0.25) is 5.91 Å². The lowest BCUT2D eigenvalue weighted by molar-refractivity contribution is -0.158. The van der Waals surface area contributed by atoms with Crippen LogP contribution in [-0.2, 0) is 19.1 Å². The van der Waals surface area contributed by atoms with Gasteiger partial charge in [-0.15, -0.1) is 5.10 Å². The highest BCUT2D eigenvalue weighted by Crippen LogP contribution is 2.24. The molecule has 1 unspecified atom stereocenters. The number of amides is 1. The van der Waals surface area contributed by atoms with E-state index in [-0.39, 0.29) is 23.7 Å². The molecule has 1 heterocycles. The first-order chi connectivity index (χ1) is 14.9. The van der Waals surface area contributed by atoms with Crippen molar-refractivity contribution >= 4 is 40.8 Å². The Hall–Kier alpha value is -2.20. The molecule has 1 atom stereocenters. The van der Waals surface area contributed by atoms with Crippen molar-refractivity contribution in [1.82, 2.24) is 20.3 Å². The molecule has 0 aliphatic heterocycles. The Kier molecular flexibility index (Phi) is 9.45. The number of hydrogen-bond donors (Lipinski definition) is 2. The second-order valence-electron chi connectivity index (χ2n) is 8.37. The van der Waals surface area contributed by atoms with Crippen LogP contribution < -0.4 is 10.6 Å². The summed E-state index contributed by atoms with van der Waals surface area (Å²) in [5.74, 6) is -0.823. The number of carbonyl (C=O) groups excluding carboxylic acids is 2. The van der Waals surface area contributed by atoms with E-state index in [2.05, 4.69) is 20.9 Å². The third-order valence-electron chi connectivity index (χ3n) is 4.00. The molecule has 0 fully saturated rings. The maximum atomic E-state index is 12.6. The highest BCUT2D eigenvalue weighted by Gasteiger charge is 2.25. The van der Waals surface area contributed by atoms with Crippen molar-refractivity contribution in [3.05, 3.63) is 34.6 Å². The van der Waals surface area contributed by atoms with Crippen LogP contribution in [0.1, 0.15) is 41.0 Å². The molecule has 0 saturated heterocycles. The van der Waals surface area contributed by atoms with Crippen molar-refractivity contribution in [1.29, 1.82) is 0 Å². The molecule has 1 aromatic carbocycles. The summed E-state index contributed by atoms with van der Waals surface area (Å²) in [6.07, 6.45) is 1.90. The Morgan fingerprint density at radius 1 is 1.22 bits per heavy atom. The Morgan fingerprint density at radius 2 is 1.94 bits per heavy atom. The fourth-order valence-corrected chi connectivity index (χ4v) is 2.98. The zero-order chi connectivity index (χ0) is 23.9. The number of halogens is 2. The maximum absolute atomic E-state index is 12.6. The van der Waals surface area contributed by atoms with Crippen molar-refractivity contribution in [2.24, 2.45) is 0 Å². The molecule has 0 aliphatic rings. The second-order valence-corrected chi connectivity index (χ2v) is 9.19. The number of nitrogens with one attached hydrogen (secondary N) is 2. The Bertz CT molecular complexity index is 927. The van der Waals surface area contributed by atoms with E-state index < -0.39 is 17.6 Å². The molecule has 9 nitrogen and oxygen atoms in total. The van der Waals surface area contributed by atoms with Gasteiger partial charge < -0.3 is 14.8 Å². The van der Waals surface area contributed by atoms with E-state index >= 15 is 0 Å². The van der Waals surface area contributed by atoms with Gasteiger partial charge in [0.05, 0.1) is 30.2 Å². The Labute approximate surface area is 197 Å². The van der Waals surface area contributed by atoms with Crippen molar-refractivity contribution in [2.75, 3.05) is 18.5 Å². The van der Waals surface area contributed by atoms with E-state index in [0.29, 0.717) is 29.4 Å². The van der Waals surface area contributed by atoms with Crippen LogP contribution in [-0.4, -0.2) is 57.8 Å². The van der Waals surface area contributed by atoms with Crippen LogP contribution in [0.2, 0.25) is 10.2 Å². The van der Waals surface area contributed by atoms with Gasteiger partial charge in [-0.2, -0.15) is 0 Å². The second kappa shape index (κ2) is 11.6. The molecule has 32 heavy (non-hydrogen) atoms. The largest absolute Gasteiger partial charge is 0.459 e. The first-order valence-electron chi connectivity index (χ1n) is 10.2. The number of aromatic nitrogens is 3. The van der Waals surface area contributed by atoms with Gasteiger partial charge in [-0.25, -0.2) is 4.68 Å². The van der Waals surface area contributed by atoms with E-state index in [4.69, 9.17) is 32.7 Å². The fourth-order valence-electron chi connectivity index (χ4n) is 2.68. The molecule has 2 rings (SSSR count). The smallest absolute Gasteiger partial charge is 0.323 e. The van der Waals surface area contributed by atoms with Crippen LogP contribution in [0.3, 0.4) is 0 Å². The zero-order valence-electron chi connectivity index (χ0n) is 18.8. The van der Waals surface area contributed by atoms with E-state index in [9.17, 15) is 9.59 Å². The summed E-state index contributed by atoms with van der Waals surface area (Å²) in [5.41, 5.74) is 0.312. The van der Waals surface area contributed by atoms with E-state index in [1.807, 2.05) is 13.8 Å². The minimum absolute atomic E-state index is 0.0316. The standard InChI is InChI=1S/C21H29Cl2N5O4/c1-13(2)31-9-8-15(20(30)32-21(3,4)5)24-11-19(29)25-16-10-14(22)6-7-17(16)28-12-18(23)26-27-28/h6-7,10,12-13,15,24H,8-9,11H2,1-5H3,(H,25,29). The van der Waals surface area contributed by atoms with Gasteiger partial charge in [-0.05, 0) is 59.2 Å².